The van der Waals surface area contributed by atoms with Gasteiger partial charge < -0.3 is 28.4 Å². The lowest BCUT2D eigenvalue weighted by atomic mass is 9.80. The number of benzene rings is 11. The third-order valence-electron chi connectivity index (χ3n) is 16.9. The predicted octanol–water partition coefficient (Wildman–Crippen LogP) is 17.5. The summed E-state index contributed by atoms with van der Waals surface area (Å²) in [6.45, 7) is 15.0. The monoisotopic (exact) mass is 1190 g/mol. The van der Waals surface area contributed by atoms with Crippen LogP contribution in [0.4, 0.5) is 0 Å². The molecule has 11 aromatic carbocycles. The Morgan fingerprint density at radius 3 is 0.867 bits per heavy atom. The highest BCUT2D eigenvalue weighted by molar-refractivity contribution is 6.45. The number of aryl methyl sites for hydroxylation is 6. The number of para-hydroxylation sites is 4. The van der Waals surface area contributed by atoms with E-state index in [-0.39, 0.29) is 80.4 Å². The Morgan fingerprint density at radius 1 is 0.333 bits per heavy atom. The number of hydrogen-bond donors (Lipinski definition) is 0. The summed E-state index contributed by atoms with van der Waals surface area (Å²) >= 11 is 0. The summed E-state index contributed by atoms with van der Waals surface area (Å²) in [5, 5.41) is 2.30. The Balaban J connectivity index is 1.19. The predicted molar refractivity (Wildman–Crippen MR) is 345 cm³/mol. The molecule has 2 atom stereocenters. The summed E-state index contributed by atoms with van der Waals surface area (Å²) in [6, 6.07) is 47.1. The minimum absolute atomic E-state index is 0.0254. The number of imide groups is 2. The van der Waals surface area contributed by atoms with Gasteiger partial charge in [0.2, 0.25) is 0 Å². The number of ether oxygens (including phenoxy) is 6. The summed E-state index contributed by atoms with van der Waals surface area (Å²) < 4.78 is 40.9. The molecule has 14 nitrogen and oxygen atoms in total. The second kappa shape index (κ2) is 23.3. The van der Waals surface area contributed by atoms with Gasteiger partial charge in [-0.2, -0.15) is 0 Å². The van der Waals surface area contributed by atoms with Crippen LogP contribution < -0.4 is 28.4 Å². The van der Waals surface area contributed by atoms with Crippen LogP contribution in [0.25, 0.3) is 43.1 Å². The van der Waals surface area contributed by atoms with E-state index in [1.807, 2.05) is 140 Å². The van der Waals surface area contributed by atoms with Crippen molar-refractivity contribution in [2.24, 2.45) is 0 Å². The molecule has 448 valence electrons. The van der Waals surface area contributed by atoms with Crippen molar-refractivity contribution in [1.82, 2.24) is 9.80 Å². The van der Waals surface area contributed by atoms with E-state index >= 15 is 19.2 Å². The third-order valence-corrected chi connectivity index (χ3v) is 16.9. The molecule has 0 fully saturated rings. The van der Waals surface area contributed by atoms with E-state index in [1.54, 1.807) is 84.9 Å². The number of fused-ring (bicyclic) bond motifs is 2. The molecule has 11 aromatic rings. The minimum atomic E-state index is -1.39. The molecule has 0 aromatic heterocycles. The molecule has 0 radical (unpaired) electrons. The van der Waals surface area contributed by atoms with E-state index in [9.17, 15) is 9.59 Å². The number of nitrogens with zero attached hydrogens (tertiary/aromatic N) is 2. The first-order chi connectivity index (χ1) is 43.5. The van der Waals surface area contributed by atoms with Crippen LogP contribution in [-0.2, 0) is 9.59 Å². The van der Waals surface area contributed by atoms with Gasteiger partial charge in [0, 0.05) is 43.1 Å². The lowest BCUT2D eigenvalue weighted by Gasteiger charge is -2.35. The van der Waals surface area contributed by atoms with Gasteiger partial charge >= 0.3 is 11.9 Å². The molecule has 2 aliphatic heterocycles. The Labute approximate surface area is 519 Å². The molecule has 0 saturated carbocycles. The number of hydrogen-bond acceptors (Lipinski definition) is 12. The third kappa shape index (κ3) is 10.0. The molecule has 0 bridgehead atoms. The van der Waals surface area contributed by atoms with Gasteiger partial charge in [-0.15, -0.1) is 0 Å². The van der Waals surface area contributed by atoms with Crippen molar-refractivity contribution in [2.45, 2.75) is 93.2 Å². The molecule has 13 rings (SSSR count). The number of carbonyl (C=O) groups is 6. The van der Waals surface area contributed by atoms with Crippen molar-refractivity contribution in [2.75, 3.05) is 0 Å². The fourth-order valence-corrected chi connectivity index (χ4v) is 12.6. The van der Waals surface area contributed by atoms with E-state index in [0.29, 0.717) is 68.2 Å². The van der Waals surface area contributed by atoms with Crippen molar-refractivity contribution < 1.29 is 57.2 Å². The summed E-state index contributed by atoms with van der Waals surface area (Å²) in [5.41, 5.74) is 4.72. The van der Waals surface area contributed by atoms with Gasteiger partial charge in [-0.3, -0.25) is 29.0 Å². The SMILES string of the molecule is CCCC(C(=O)Oc1cccc(C)c1)N1C(=O)c2cc(Oc3ccccc3C)c3c4c(Oc5ccccc5C)cc5c6c(cc(Oc7ccccc7C)c(c7c(Oc8ccccc8C)cc(c2c37)C1=O)c64)C(=O)N(C(CCC)C(=O)Oc1cccc(C)c1)C5=O. The first-order valence-corrected chi connectivity index (χ1v) is 30.2. The zero-order chi connectivity index (χ0) is 62.8. The van der Waals surface area contributed by atoms with Gasteiger partial charge in [-0.25, -0.2) is 9.59 Å². The zero-order valence-electron chi connectivity index (χ0n) is 50.9. The lowest BCUT2D eigenvalue weighted by Crippen LogP contribution is -2.51. The highest BCUT2D eigenvalue weighted by Gasteiger charge is 2.47. The average Bonchev–Trinajstić information content (AvgIpc) is 0.673. The first-order valence-electron chi connectivity index (χ1n) is 30.2. The van der Waals surface area contributed by atoms with Gasteiger partial charge in [0.25, 0.3) is 23.6 Å². The normalized spacial score (nSPS) is 13.6. The van der Waals surface area contributed by atoms with Crippen LogP contribution in [0.5, 0.6) is 57.5 Å². The van der Waals surface area contributed by atoms with Crippen molar-refractivity contribution in [3.8, 4) is 57.5 Å². The first kappa shape index (κ1) is 58.2. The topological polar surface area (TPSA) is 164 Å². The van der Waals surface area contributed by atoms with Crippen LogP contribution in [0.2, 0.25) is 0 Å². The summed E-state index contributed by atoms with van der Waals surface area (Å²) in [6.07, 6.45) is 0.922. The van der Waals surface area contributed by atoms with Gasteiger partial charge in [0.05, 0.1) is 22.3 Å². The summed E-state index contributed by atoms with van der Waals surface area (Å²) in [5.74, 6) is -2.13. The maximum Gasteiger partial charge on any atom is 0.334 e. The largest absolute Gasteiger partial charge is 0.456 e. The molecule has 2 unspecified atom stereocenters. The Bertz CT molecular complexity index is 4310. The van der Waals surface area contributed by atoms with Crippen LogP contribution in [0.3, 0.4) is 0 Å². The molecule has 0 aliphatic carbocycles. The van der Waals surface area contributed by atoms with E-state index < -0.39 is 47.7 Å². The average molecular weight is 1200 g/mol. The maximum atomic E-state index is 16.0. The number of esters is 2. The molecular formula is C76H62N2O12. The van der Waals surface area contributed by atoms with Crippen molar-refractivity contribution >= 4 is 78.7 Å². The van der Waals surface area contributed by atoms with Gasteiger partial charge in [-0.1, -0.05) is 124 Å². The molecule has 4 amide bonds. The molecule has 14 heteroatoms. The molecule has 2 aliphatic rings. The van der Waals surface area contributed by atoms with Crippen LogP contribution in [0, 0.1) is 41.5 Å². The van der Waals surface area contributed by atoms with E-state index in [2.05, 4.69) is 0 Å². The Hall–Kier alpha value is -10.9. The highest BCUT2D eigenvalue weighted by atomic mass is 16.5. The van der Waals surface area contributed by atoms with Crippen LogP contribution in [-0.4, -0.2) is 57.5 Å². The zero-order valence-corrected chi connectivity index (χ0v) is 50.9. The fraction of sp³-hybridized carbons (Fsp3) is 0.184. The maximum absolute atomic E-state index is 16.0. The number of rotatable bonds is 18. The molecule has 2 heterocycles. The molecule has 0 spiro atoms. The number of carbonyl (C=O) groups excluding carboxylic acids is 6. The van der Waals surface area contributed by atoms with E-state index in [1.165, 1.54) is 0 Å². The minimum Gasteiger partial charge on any atom is -0.456 e. The highest BCUT2D eigenvalue weighted by Crippen LogP contribution is 2.58. The van der Waals surface area contributed by atoms with Crippen molar-refractivity contribution in [3.63, 3.8) is 0 Å². The standard InChI is InChI=1S/C76H62N2O12/c1-9-21-53(75(83)85-47-29-19-23-41(3)35-47)77-71(79)49-37-59(87-55-31-15-11-25-43(55)5)65-67-61(89-57-33-17-13-27-45(57)7)39-51-64-52(74(82)78(73(51)81)54(22-10-2)76(84)86-48-30-20-24-42(4)36-48)40-62(90-58-34-18-14-28-46(58)8)68(70(64)67)66-60(88-56-32-16-12-26-44(56)6)38-50(72(77)80)63(49)69(65)66/h11-20,23-40,53-54H,9-10,21-22H2,1-8H3. The van der Waals surface area contributed by atoms with Crippen LogP contribution in [0.1, 0.15) is 114 Å². The van der Waals surface area contributed by atoms with Crippen molar-refractivity contribution in [3.05, 3.63) is 225 Å². The van der Waals surface area contributed by atoms with Gasteiger partial charge in [0.15, 0.2) is 0 Å². The van der Waals surface area contributed by atoms with Gasteiger partial charge in [0.1, 0.15) is 69.6 Å². The van der Waals surface area contributed by atoms with Gasteiger partial charge in [-0.05, 0) is 161 Å². The molecule has 0 saturated heterocycles. The summed E-state index contributed by atoms with van der Waals surface area (Å²) in [4.78, 5) is 95.6. The molecule has 90 heavy (non-hydrogen) atoms. The van der Waals surface area contributed by atoms with Crippen LogP contribution in [0.15, 0.2) is 170 Å². The smallest absolute Gasteiger partial charge is 0.334 e. The van der Waals surface area contributed by atoms with Crippen molar-refractivity contribution in [1.29, 1.82) is 0 Å². The lowest BCUT2D eigenvalue weighted by molar-refractivity contribution is -0.139. The van der Waals surface area contributed by atoms with E-state index in [4.69, 9.17) is 28.4 Å². The second-order valence-corrected chi connectivity index (χ2v) is 23.2. The summed E-state index contributed by atoms with van der Waals surface area (Å²) in [7, 11) is 0. The molecular weight excluding hydrogens is 1130 g/mol. The Kier molecular flexibility index (Phi) is 15.1. The molecule has 0 N–H and O–H groups in total. The fourth-order valence-electron chi connectivity index (χ4n) is 12.6. The van der Waals surface area contributed by atoms with Crippen LogP contribution >= 0.6 is 0 Å². The number of amides is 4. The van der Waals surface area contributed by atoms with E-state index in [0.717, 1.165) is 43.2 Å². The Morgan fingerprint density at radius 2 is 0.611 bits per heavy atom. The second-order valence-electron chi connectivity index (χ2n) is 23.2. The quantitative estimate of drug-likeness (QED) is 0.0263.